The molecule has 1 aromatic heterocycles. The van der Waals surface area contributed by atoms with Crippen LogP contribution in [0.15, 0.2) is 11.6 Å². The van der Waals surface area contributed by atoms with Crippen molar-refractivity contribution in [1.29, 1.82) is 0 Å². The first-order valence-corrected chi connectivity index (χ1v) is 8.86. The molecule has 1 heterocycles. The Labute approximate surface area is 133 Å². The van der Waals surface area contributed by atoms with Crippen LogP contribution in [0.25, 0.3) is 0 Å². The number of carbonyl (C=O) groups excluding carboxylic acids is 2. The van der Waals surface area contributed by atoms with Gasteiger partial charge in [-0.05, 0) is 50.4 Å². The van der Waals surface area contributed by atoms with Gasteiger partial charge in [0.1, 0.15) is 0 Å². The number of nitrogens with one attached hydrogen (secondary N) is 2. The minimum absolute atomic E-state index is 0.0254. The van der Waals surface area contributed by atoms with Crippen LogP contribution in [0.4, 0.5) is 5.13 Å². The Kier molecular flexibility index (Phi) is 3.08. The third-order valence-corrected chi connectivity index (χ3v) is 6.33. The number of thiazole rings is 1. The number of anilines is 1. The van der Waals surface area contributed by atoms with Gasteiger partial charge in [-0.2, -0.15) is 0 Å². The number of hydrogen-bond donors (Lipinski definition) is 2. The summed E-state index contributed by atoms with van der Waals surface area (Å²) < 4.78 is 0. The van der Waals surface area contributed by atoms with Crippen LogP contribution in [0.1, 0.15) is 45.4 Å². The van der Waals surface area contributed by atoms with Gasteiger partial charge < -0.3 is 10.6 Å². The van der Waals surface area contributed by atoms with Crippen molar-refractivity contribution < 1.29 is 9.59 Å². The predicted molar refractivity (Wildman–Crippen MR) is 84.4 cm³/mol. The van der Waals surface area contributed by atoms with E-state index in [0.29, 0.717) is 17.0 Å². The van der Waals surface area contributed by atoms with Gasteiger partial charge >= 0.3 is 0 Å². The summed E-state index contributed by atoms with van der Waals surface area (Å²) >= 11 is 1.45. The van der Waals surface area contributed by atoms with Crippen molar-refractivity contribution >= 4 is 28.3 Å². The zero-order valence-electron chi connectivity index (χ0n) is 12.7. The van der Waals surface area contributed by atoms with Gasteiger partial charge in [0.05, 0.1) is 5.41 Å². The van der Waals surface area contributed by atoms with Gasteiger partial charge in [0.25, 0.3) is 0 Å². The van der Waals surface area contributed by atoms with Gasteiger partial charge in [-0.25, -0.2) is 4.98 Å². The molecule has 4 aliphatic carbocycles. The summed E-state index contributed by atoms with van der Waals surface area (Å²) in [6, 6.07) is 0. The number of hydrogen-bond acceptors (Lipinski definition) is 4. The molecule has 4 aliphatic rings. The van der Waals surface area contributed by atoms with Gasteiger partial charge in [0.15, 0.2) is 5.13 Å². The number of nitrogens with zero attached hydrogens (tertiary/aromatic N) is 1. The fraction of sp³-hybridized carbons (Fsp3) is 0.688. The molecule has 2 unspecified atom stereocenters. The summed E-state index contributed by atoms with van der Waals surface area (Å²) in [7, 11) is 0. The molecule has 5 rings (SSSR count). The summed E-state index contributed by atoms with van der Waals surface area (Å²) in [5, 5.41) is 8.74. The van der Waals surface area contributed by atoms with Crippen LogP contribution < -0.4 is 10.6 Å². The molecule has 4 saturated carbocycles. The second-order valence-corrected chi connectivity index (χ2v) is 8.39. The lowest BCUT2D eigenvalue weighted by Crippen LogP contribution is -2.65. The Morgan fingerprint density at radius 1 is 1.27 bits per heavy atom. The molecule has 6 heteroatoms. The molecular weight excluding hydrogens is 298 g/mol. The van der Waals surface area contributed by atoms with E-state index in [1.165, 1.54) is 17.8 Å². The molecular formula is C16H21N3O2S. The van der Waals surface area contributed by atoms with E-state index in [9.17, 15) is 9.59 Å². The maximum atomic E-state index is 12.9. The largest absolute Gasteiger partial charge is 0.351 e. The molecule has 4 bridgehead atoms. The maximum Gasteiger partial charge on any atom is 0.232 e. The topological polar surface area (TPSA) is 71.1 Å². The third-order valence-electron chi connectivity index (χ3n) is 5.64. The van der Waals surface area contributed by atoms with Gasteiger partial charge in [-0.15, -0.1) is 11.3 Å². The van der Waals surface area contributed by atoms with E-state index >= 15 is 0 Å². The first-order chi connectivity index (χ1) is 10.5. The van der Waals surface area contributed by atoms with Crippen LogP contribution in [-0.2, 0) is 9.59 Å². The van der Waals surface area contributed by atoms with Crippen LogP contribution in [0.2, 0.25) is 0 Å². The lowest BCUT2D eigenvalue weighted by molar-refractivity contribution is -0.148. The van der Waals surface area contributed by atoms with E-state index < -0.39 is 0 Å². The van der Waals surface area contributed by atoms with Crippen molar-refractivity contribution in [1.82, 2.24) is 10.3 Å². The number of carbonyl (C=O) groups is 2. The highest BCUT2D eigenvalue weighted by Gasteiger charge is 2.60. The molecule has 22 heavy (non-hydrogen) atoms. The smallest absolute Gasteiger partial charge is 0.232 e. The number of rotatable bonds is 3. The second kappa shape index (κ2) is 4.78. The highest BCUT2D eigenvalue weighted by molar-refractivity contribution is 7.13. The Morgan fingerprint density at radius 2 is 2.00 bits per heavy atom. The van der Waals surface area contributed by atoms with Gasteiger partial charge in [-0.1, -0.05) is 0 Å². The van der Waals surface area contributed by atoms with Crippen molar-refractivity contribution in [3.8, 4) is 0 Å². The van der Waals surface area contributed by atoms with Crippen molar-refractivity contribution in [3.63, 3.8) is 0 Å². The van der Waals surface area contributed by atoms with Crippen LogP contribution in [0, 0.1) is 17.3 Å². The molecule has 0 radical (unpaired) electrons. The van der Waals surface area contributed by atoms with E-state index in [1.54, 1.807) is 13.1 Å². The molecule has 4 atom stereocenters. The lowest BCUT2D eigenvalue weighted by atomic mass is 9.46. The first kappa shape index (κ1) is 14.2. The molecule has 2 N–H and O–H groups in total. The average molecular weight is 319 g/mol. The monoisotopic (exact) mass is 319 g/mol. The fourth-order valence-corrected chi connectivity index (χ4v) is 6.09. The Balaban J connectivity index is 1.61. The summed E-state index contributed by atoms with van der Waals surface area (Å²) in [5.74, 6) is 1.26. The van der Waals surface area contributed by atoms with Crippen molar-refractivity contribution in [2.75, 3.05) is 5.32 Å². The molecule has 0 aromatic carbocycles. The molecule has 5 nitrogen and oxygen atoms in total. The minimum atomic E-state index is -0.321. The van der Waals surface area contributed by atoms with E-state index in [4.69, 9.17) is 0 Å². The molecule has 0 aliphatic heterocycles. The van der Waals surface area contributed by atoms with E-state index in [1.807, 2.05) is 5.38 Å². The number of amides is 2. The molecule has 4 fully saturated rings. The maximum absolute atomic E-state index is 12.9. The molecule has 0 spiro atoms. The Hall–Kier alpha value is -1.43. The van der Waals surface area contributed by atoms with Crippen molar-refractivity contribution in [2.24, 2.45) is 17.3 Å². The van der Waals surface area contributed by atoms with Crippen LogP contribution in [-0.4, -0.2) is 22.3 Å². The van der Waals surface area contributed by atoms with Gasteiger partial charge in [0.2, 0.25) is 11.8 Å². The highest BCUT2D eigenvalue weighted by atomic mass is 32.1. The molecule has 1 aromatic rings. The fourth-order valence-electron chi connectivity index (χ4n) is 5.56. The average Bonchev–Trinajstić information content (AvgIpc) is 2.88. The van der Waals surface area contributed by atoms with Crippen LogP contribution in [0.5, 0.6) is 0 Å². The quantitative estimate of drug-likeness (QED) is 0.899. The second-order valence-electron chi connectivity index (χ2n) is 7.49. The first-order valence-electron chi connectivity index (χ1n) is 7.98. The number of aromatic nitrogens is 1. The third kappa shape index (κ3) is 2.24. The molecule has 0 saturated heterocycles. The minimum Gasteiger partial charge on any atom is -0.351 e. The van der Waals surface area contributed by atoms with E-state index in [-0.39, 0.29) is 22.8 Å². The Bertz CT molecular complexity index is 599. The highest BCUT2D eigenvalue weighted by Crippen LogP contribution is 2.61. The summed E-state index contributed by atoms with van der Waals surface area (Å²) in [4.78, 5) is 28.7. The Morgan fingerprint density at radius 3 is 2.59 bits per heavy atom. The van der Waals surface area contributed by atoms with Gasteiger partial charge in [-0.3, -0.25) is 9.59 Å². The van der Waals surface area contributed by atoms with Crippen LogP contribution >= 0.6 is 11.3 Å². The zero-order chi connectivity index (χ0) is 15.4. The zero-order valence-corrected chi connectivity index (χ0v) is 13.5. The summed E-state index contributed by atoms with van der Waals surface area (Å²) in [6.45, 7) is 1.58. The van der Waals surface area contributed by atoms with Crippen LogP contribution in [0.3, 0.4) is 0 Å². The summed E-state index contributed by atoms with van der Waals surface area (Å²) in [5.41, 5.74) is -0.478. The lowest BCUT2D eigenvalue weighted by Gasteiger charge is -2.61. The molecule has 118 valence electrons. The standard InChI is InChI=1S/C16H21N3O2S/c1-10(20)19-16-7-11-4-12(8-16)6-15(5-11,9-16)13(21)18-14-17-2-3-22-14/h2-3,11-12H,4-9H2,1H3,(H,19,20)(H,17,18,21)/t11-,12+,15?,16?. The van der Waals surface area contributed by atoms with Gasteiger partial charge in [0, 0.05) is 24.0 Å². The van der Waals surface area contributed by atoms with E-state index in [0.717, 1.165) is 32.1 Å². The van der Waals surface area contributed by atoms with Crippen molar-refractivity contribution in [2.45, 2.75) is 51.0 Å². The van der Waals surface area contributed by atoms with Crippen molar-refractivity contribution in [3.05, 3.63) is 11.6 Å². The SMILES string of the molecule is CC(=O)NC12C[C@H]3C[C@@H](C1)CC(C(=O)Nc1nccs1)(C3)C2. The normalized spacial score (nSPS) is 38.8. The molecule has 2 amide bonds. The summed E-state index contributed by atoms with van der Waals surface area (Å²) in [6.07, 6.45) is 7.70. The van der Waals surface area contributed by atoms with E-state index in [2.05, 4.69) is 15.6 Å². The predicted octanol–water partition coefficient (Wildman–Crippen LogP) is 2.56.